The molecular weight excluding hydrogens is 441 g/mol. The Balaban J connectivity index is 1.94. The lowest BCUT2D eigenvalue weighted by molar-refractivity contribution is -0.143. The van der Waals surface area contributed by atoms with E-state index in [0.29, 0.717) is 11.1 Å². The number of pyridine rings is 1. The zero-order chi connectivity index (χ0) is 24.8. The summed E-state index contributed by atoms with van der Waals surface area (Å²) in [5.41, 5.74) is 1.02. The van der Waals surface area contributed by atoms with Crippen molar-refractivity contribution in [2.45, 2.75) is 26.3 Å². The van der Waals surface area contributed by atoms with Crippen LogP contribution in [0.15, 0.2) is 59.5 Å². The van der Waals surface area contributed by atoms with E-state index in [1.54, 1.807) is 26.0 Å². The monoisotopic (exact) mass is 467 g/mol. The quantitative estimate of drug-likeness (QED) is 0.455. The molecule has 2 amide bonds. The molecule has 3 aromatic rings. The standard InChI is InChI=1S/C25H26FN3O5/c1-4-34-21(30)13-20(18-12-17(10-11-19(18)26)16-8-6-5-7-9-16)27-25(33)28-22-23(31)15(2)14-29(3)24(22)32/h5-12,14,20,31H,4,13H2,1-3H3,(H2,27,28,33)/t20-/m0/s1. The van der Waals surface area contributed by atoms with E-state index < -0.39 is 29.4 Å². The Morgan fingerprint density at radius 3 is 2.53 bits per heavy atom. The van der Waals surface area contributed by atoms with Crippen molar-refractivity contribution < 1.29 is 23.8 Å². The number of hydrogen-bond acceptors (Lipinski definition) is 5. The molecule has 1 heterocycles. The second-order valence-electron chi connectivity index (χ2n) is 7.71. The van der Waals surface area contributed by atoms with E-state index in [1.165, 1.54) is 23.9 Å². The minimum Gasteiger partial charge on any atom is -0.505 e. The molecule has 0 aliphatic carbocycles. The normalized spacial score (nSPS) is 11.5. The summed E-state index contributed by atoms with van der Waals surface area (Å²) in [5, 5.41) is 15.1. The van der Waals surface area contributed by atoms with Gasteiger partial charge in [0.25, 0.3) is 5.56 Å². The molecule has 0 fully saturated rings. The molecule has 0 aliphatic rings. The number of aryl methyl sites for hydroxylation is 2. The SMILES string of the molecule is CCOC(=O)C[C@H](NC(=O)Nc1c(O)c(C)cn(C)c1=O)c1cc(-c2ccccc2)ccc1F. The number of hydrogen-bond donors (Lipinski definition) is 3. The Hall–Kier alpha value is -4.14. The van der Waals surface area contributed by atoms with Crippen LogP contribution in [0.2, 0.25) is 0 Å². The van der Waals surface area contributed by atoms with Crippen LogP contribution in [0.25, 0.3) is 11.1 Å². The van der Waals surface area contributed by atoms with Gasteiger partial charge in [0.05, 0.1) is 19.1 Å². The van der Waals surface area contributed by atoms with Gasteiger partial charge in [-0.2, -0.15) is 0 Å². The fraction of sp³-hybridized carbons (Fsp3) is 0.240. The molecule has 3 N–H and O–H groups in total. The number of carbonyl (C=O) groups is 2. The Morgan fingerprint density at radius 1 is 1.15 bits per heavy atom. The lowest BCUT2D eigenvalue weighted by atomic mass is 9.97. The molecule has 0 aliphatic heterocycles. The van der Waals surface area contributed by atoms with Crippen LogP contribution in [0, 0.1) is 12.7 Å². The molecular formula is C25H26FN3O5. The van der Waals surface area contributed by atoms with Crippen LogP contribution >= 0.6 is 0 Å². The summed E-state index contributed by atoms with van der Waals surface area (Å²) in [6.07, 6.45) is 1.09. The number of amides is 2. The third kappa shape index (κ3) is 5.61. The maximum atomic E-state index is 14.9. The van der Waals surface area contributed by atoms with E-state index in [4.69, 9.17) is 4.74 Å². The fourth-order valence-corrected chi connectivity index (χ4v) is 3.55. The molecule has 178 valence electrons. The average molecular weight is 467 g/mol. The van der Waals surface area contributed by atoms with Gasteiger partial charge < -0.3 is 25.0 Å². The average Bonchev–Trinajstić information content (AvgIpc) is 2.81. The maximum Gasteiger partial charge on any atom is 0.319 e. The highest BCUT2D eigenvalue weighted by Crippen LogP contribution is 2.28. The van der Waals surface area contributed by atoms with Crippen molar-refractivity contribution in [3.8, 4) is 16.9 Å². The number of ether oxygens (including phenoxy) is 1. The number of rotatable bonds is 7. The number of aromatic nitrogens is 1. The van der Waals surface area contributed by atoms with E-state index in [0.717, 1.165) is 5.56 Å². The van der Waals surface area contributed by atoms with Crippen LogP contribution in [-0.2, 0) is 16.6 Å². The summed E-state index contributed by atoms with van der Waals surface area (Å²) in [7, 11) is 1.48. The van der Waals surface area contributed by atoms with Gasteiger partial charge in [-0.25, -0.2) is 9.18 Å². The third-order valence-corrected chi connectivity index (χ3v) is 5.23. The summed E-state index contributed by atoms with van der Waals surface area (Å²) >= 11 is 0. The first-order chi connectivity index (χ1) is 16.2. The predicted octanol–water partition coefficient (Wildman–Crippen LogP) is 4.02. The molecule has 0 bridgehead atoms. The summed E-state index contributed by atoms with van der Waals surface area (Å²) < 4.78 is 21.1. The molecule has 3 rings (SSSR count). The van der Waals surface area contributed by atoms with E-state index in [1.807, 2.05) is 30.3 Å². The molecule has 0 saturated carbocycles. The van der Waals surface area contributed by atoms with Gasteiger partial charge in [0.1, 0.15) is 11.6 Å². The zero-order valence-electron chi connectivity index (χ0n) is 19.1. The molecule has 0 radical (unpaired) electrons. The number of urea groups is 1. The first-order valence-electron chi connectivity index (χ1n) is 10.7. The number of nitrogens with zero attached hydrogens (tertiary/aromatic N) is 1. The van der Waals surface area contributed by atoms with Crippen molar-refractivity contribution in [3.63, 3.8) is 0 Å². The lowest BCUT2D eigenvalue weighted by Crippen LogP contribution is -2.36. The number of anilines is 1. The Kier molecular flexibility index (Phi) is 7.68. The first-order valence-corrected chi connectivity index (χ1v) is 10.7. The van der Waals surface area contributed by atoms with Crippen molar-refractivity contribution in [3.05, 3.63) is 82.0 Å². The van der Waals surface area contributed by atoms with Crippen LogP contribution in [0.4, 0.5) is 14.9 Å². The number of benzene rings is 2. The van der Waals surface area contributed by atoms with Gasteiger partial charge in [-0.05, 0) is 37.1 Å². The van der Waals surface area contributed by atoms with Gasteiger partial charge in [0.15, 0.2) is 5.69 Å². The highest BCUT2D eigenvalue weighted by molar-refractivity contribution is 5.91. The van der Waals surface area contributed by atoms with Gasteiger partial charge in [0, 0.05) is 24.4 Å². The molecule has 0 unspecified atom stereocenters. The minimum atomic E-state index is -1.10. The summed E-state index contributed by atoms with van der Waals surface area (Å²) in [4.78, 5) is 37.4. The molecule has 8 nitrogen and oxygen atoms in total. The number of carbonyl (C=O) groups excluding carboxylic acids is 2. The highest BCUT2D eigenvalue weighted by atomic mass is 19.1. The van der Waals surface area contributed by atoms with E-state index in [9.17, 15) is 23.9 Å². The molecule has 0 spiro atoms. The lowest BCUT2D eigenvalue weighted by Gasteiger charge is -2.21. The second-order valence-corrected chi connectivity index (χ2v) is 7.71. The maximum absolute atomic E-state index is 14.9. The summed E-state index contributed by atoms with van der Waals surface area (Å²) in [6.45, 7) is 3.34. The molecule has 1 aromatic heterocycles. The van der Waals surface area contributed by atoms with Gasteiger partial charge in [-0.15, -0.1) is 0 Å². The number of halogens is 1. The molecule has 34 heavy (non-hydrogen) atoms. The van der Waals surface area contributed by atoms with Crippen LogP contribution in [0.5, 0.6) is 5.75 Å². The van der Waals surface area contributed by atoms with Crippen molar-refractivity contribution in [2.24, 2.45) is 7.05 Å². The Morgan fingerprint density at radius 2 is 1.85 bits per heavy atom. The zero-order valence-corrected chi connectivity index (χ0v) is 19.1. The van der Waals surface area contributed by atoms with Crippen LogP contribution in [0.1, 0.15) is 30.5 Å². The van der Waals surface area contributed by atoms with Crippen LogP contribution in [-0.4, -0.2) is 28.3 Å². The van der Waals surface area contributed by atoms with Crippen LogP contribution < -0.4 is 16.2 Å². The Labute approximate surface area is 196 Å². The van der Waals surface area contributed by atoms with E-state index in [2.05, 4.69) is 10.6 Å². The van der Waals surface area contributed by atoms with Crippen molar-refractivity contribution in [1.29, 1.82) is 0 Å². The molecule has 9 heteroatoms. The van der Waals surface area contributed by atoms with Gasteiger partial charge in [-0.1, -0.05) is 36.4 Å². The van der Waals surface area contributed by atoms with Crippen molar-refractivity contribution >= 4 is 17.7 Å². The Bertz CT molecular complexity index is 1260. The summed E-state index contributed by atoms with van der Waals surface area (Å²) in [5.74, 6) is -1.63. The van der Waals surface area contributed by atoms with Gasteiger partial charge in [0.2, 0.25) is 0 Å². The molecule has 1 atom stereocenters. The first kappa shape index (κ1) is 24.5. The summed E-state index contributed by atoms with van der Waals surface area (Å²) in [6, 6.07) is 11.7. The van der Waals surface area contributed by atoms with Crippen molar-refractivity contribution in [2.75, 3.05) is 11.9 Å². The highest BCUT2D eigenvalue weighted by Gasteiger charge is 2.24. The topological polar surface area (TPSA) is 110 Å². The number of aromatic hydroxyl groups is 1. The fourth-order valence-electron chi connectivity index (χ4n) is 3.55. The minimum absolute atomic E-state index is 0.0749. The predicted molar refractivity (Wildman–Crippen MR) is 126 cm³/mol. The number of nitrogens with one attached hydrogen (secondary N) is 2. The van der Waals surface area contributed by atoms with Gasteiger partial charge >= 0.3 is 12.0 Å². The third-order valence-electron chi connectivity index (χ3n) is 5.23. The molecule has 2 aromatic carbocycles. The van der Waals surface area contributed by atoms with E-state index in [-0.39, 0.29) is 30.0 Å². The molecule has 0 saturated heterocycles. The van der Waals surface area contributed by atoms with Crippen molar-refractivity contribution in [1.82, 2.24) is 9.88 Å². The smallest absolute Gasteiger partial charge is 0.319 e. The second kappa shape index (κ2) is 10.7. The van der Waals surface area contributed by atoms with E-state index >= 15 is 0 Å². The largest absolute Gasteiger partial charge is 0.505 e. The number of esters is 1. The van der Waals surface area contributed by atoms with Gasteiger partial charge in [-0.3, -0.25) is 9.59 Å². The van der Waals surface area contributed by atoms with Crippen LogP contribution in [0.3, 0.4) is 0 Å².